The second-order valence-electron chi connectivity index (χ2n) is 11.5. The highest BCUT2D eigenvalue weighted by molar-refractivity contribution is 5.77. The van der Waals surface area contributed by atoms with Gasteiger partial charge in [-0.2, -0.15) is 0 Å². The topological polar surface area (TPSA) is 101 Å². The molecule has 8 heteroatoms. The van der Waals surface area contributed by atoms with Crippen LogP contribution in [0.3, 0.4) is 0 Å². The zero-order valence-corrected chi connectivity index (χ0v) is 26.6. The molecule has 1 heterocycles. The average molecular weight is 645 g/mol. The lowest BCUT2D eigenvalue weighted by atomic mass is 9.95. The zero-order chi connectivity index (χ0) is 33.3. The van der Waals surface area contributed by atoms with Gasteiger partial charge in [0, 0.05) is 11.1 Å². The maximum atomic E-state index is 11.8. The lowest BCUT2D eigenvalue weighted by Crippen LogP contribution is -2.09. The van der Waals surface area contributed by atoms with E-state index in [4.69, 9.17) is 28.8 Å². The third-order valence-electron chi connectivity index (χ3n) is 8.07. The molecule has 6 rings (SSSR count). The van der Waals surface area contributed by atoms with Crippen molar-refractivity contribution in [3.8, 4) is 28.4 Å². The first-order valence-electron chi connectivity index (χ1n) is 15.7. The van der Waals surface area contributed by atoms with E-state index in [0.29, 0.717) is 19.8 Å². The van der Waals surface area contributed by atoms with Gasteiger partial charge in [-0.25, -0.2) is 0 Å². The lowest BCUT2D eigenvalue weighted by Gasteiger charge is -2.23. The van der Waals surface area contributed by atoms with Gasteiger partial charge in [-0.05, 0) is 69.8 Å². The van der Waals surface area contributed by atoms with Crippen molar-refractivity contribution in [1.82, 2.24) is 0 Å². The molecule has 0 fully saturated rings. The molecule has 5 aromatic rings. The van der Waals surface area contributed by atoms with E-state index in [0.717, 1.165) is 61.8 Å². The van der Waals surface area contributed by atoms with E-state index < -0.39 is 11.9 Å². The summed E-state index contributed by atoms with van der Waals surface area (Å²) in [6.45, 7) is 1.24. The van der Waals surface area contributed by atoms with Gasteiger partial charge in [0.25, 0.3) is 0 Å². The molecule has 48 heavy (non-hydrogen) atoms. The Kier molecular flexibility index (Phi) is 10.3. The van der Waals surface area contributed by atoms with Crippen molar-refractivity contribution in [3.05, 3.63) is 149 Å². The number of fused-ring (bicyclic) bond motifs is 3. The van der Waals surface area contributed by atoms with Gasteiger partial charge in [-0.15, -0.1) is 0 Å². The minimum Gasteiger partial charge on any atom is -0.497 e. The van der Waals surface area contributed by atoms with Crippen LogP contribution in [0.2, 0.25) is 0 Å². The van der Waals surface area contributed by atoms with E-state index in [9.17, 15) is 9.59 Å². The summed E-state index contributed by atoms with van der Waals surface area (Å²) in [6.07, 6.45) is -0.633. The quantitative estimate of drug-likeness (QED) is 0.121. The summed E-state index contributed by atoms with van der Waals surface area (Å²) in [6, 6.07) is 37.9. The Bertz CT molecular complexity index is 1870. The second-order valence-corrected chi connectivity index (χ2v) is 11.5. The van der Waals surface area contributed by atoms with Crippen molar-refractivity contribution >= 4 is 11.9 Å². The number of esters is 1. The fourth-order valence-electron chi connectivity index (χ4n) is 5.59. The molecule has 1 unspecified atom stereocenters. The number of aliphatic carboxylic acids is 1. The Hall–Kier alpha value is -5.60. The van der Waals surface area contributed by atoms with Crippen LogP contribution in [-0.4, -0.2) is 24.2 Å². The minimum absolute atomic E-state index is 0.0754. The molecule has 1 N–H and O–H groups in total. The Morgan fingerprint density at radius 1 is 0.708 bits per heavy atom. The highest BCUT2D eigenvalue weighted by atomic mass is 16.5. The molecular weight excluding hydrogens is 608 g/mol. The molecule has 8 nitrogen and oxygen atoms in total. The molecule has 1 aliphatic rings. The number of carboxylic acid groups (broad SMARTS) is 1. The number of rotatable bonds is 14. The van der Waals surface area contributed by atoms with E-state index in [2.05, 4.69) is 36.4 Å². The summed E-state index contributed by atoms with van der Waals surface area (Å²) in [7, 11) is 1.66. The standard InChI is InChI=1S/C40H36O8/c1-44-33-13-11-31(12-14-33)40(30-8-3-2-4-9-30)48-25-29-10-16-36-35-17-15-34(22-32(35)26-46-37(36)21-29)45-23-27-6-5-7-28(20-27)24-47-39(43)19-18-38(41)42/h2-17,20-22,40H,18-19,23-26H2,1H3,(H,41,42). The molecule has 0 saturated carbocycles. The highest BCUT2D eigenvalue weighted by Gasteiger charge is 2.20. The van der Waals surface area contributed by atoms with Gasteiger partial charge in [0.15, 0.2) is 0 Å². The van der Waals surface area contributed by atoms with Gasteiger partial charge in [0.2, 0.25) is 0 Å². The maximum Gasteiger partial charge on any atom is 0.306 e. The number of carboxylic acids is 1. The van der Waals surface area contributed by atoms with Gasteiger partial charge >= 0.3 is 11.9 Å². The summed E-state index contributed by atoms with van der Waals surface area (Å²) >= 11 is 0. The van der Waals surface area contributed by atoms with Crippen molar-refractivity contribution in [2.24, 2.45) is 0 Å². The largest absolute Gasteiger partial charge is 0.497 e. The van der Waals surface area contributed by atoms with Gasteiger partial charge in [-0.3, -0.25) is 9.59 Å². The summed E-state index contributed by atoms with van der Waals surface area (Å²) in [5, 5.41) is 8.73. The number of benzene rings is 5. The van der Waals surface area contributed by atoms with Crippen LogP contribution in [0, 0.1) is 0 Å². The lowest BCUT2D eigenvalue weighted by molar-refractivity contribution is -0.148. The van der Waals surface area contributed by atoms with Gasteiger partial charge in [0.05, 0.1) is 26.6 Å². The first-order chi connectivity index (χ1) is 23.4. The van der Waals surface area contributed by atoms with Crippen LogP contribution < -0.4 is 14.2 Å². The molecule has 0 aromatic heterocycles. The molecule has 1 aliphatic heterocycles. The number of carbonyl (C=O) groups is 2. The fraction of sp³-hybridized carbons (Fsp3) is 0.200. The van der Waals surface area contributed by atoms with Gasteiger partial charge in [-0.1, -0.05) is 78.9 Å². The predicted octanol–water partition coefficient (Wildman–Crippen LogP) is 8.05. The summed E-state index contributed by atoms with van der Waals surface area (Å²) in [5.41, 5.74) is 8.02. The minimum atomic E-state index is -1.03. The van der Waals surface area contributed by atoms with E-state index >= 15 is 0 Å². The van der Waals surface area contributed by atoms with Gasteiger partial charge < -0.3 is 28.8 Å². The van der Waals surface area contributed by atoms with Crippen LogP contribution in [0.5, 0.6) is 17.2 Å². The average Bonchev–Trinajstić information content (AvgIpc) is 3.13. The van der Waals surface area contributed by atoms with E-state index in [1.807, 2.05) is 78.9 Å². The number of methoxy groups -OCH3 is 1. The third-order valence-corrected chi connectivity index (χ3v) is 8.07. The van der Waals surface area contributed by atoms with E-state index in [-0.39, 0.29) is 25.6 Å². The predicted molar refractivity (Wildman–Crippen MR) is 180 cm³/mol. The number of carbonyl (C=O) groups excluding carboxylic acids is 1. The van der Waals surface area contributed by atoms with Crippen molar-refractivity contribution in [2.75, 3.05) is 7.11 Å². The molecular formula is C40H36O8. The normalized spacial score (nSPS) is 12.2. The van der Waals surface area contributed by atoms with E-state index in [1.165, 1.54) is 0 Å². The molecule has 5 aromatic carbocycles. The smallest absolute Gasteiger partial charge is 0.306 e. The van der Waals surface area contributed by atoms with Crippen molar-refractivity contribution in [1.29, 1.82) is 0 Å². The van der Waals surface area contributed by atoms with Crippen LogP contribution in [0.25, 0.3) is 11.1 Å². The first-order valence-corrected chi connectivity index (χ1v) is 15.7. The van der Waals surface area contributed by atoms with Crippen LogP contribution in [0.15, 0.2) is 115 Å². The summed E-state index contributed by atoms with van der Waals surface area (Å²) in [5.74, 6) is 0.775. The van der Waals surface area contributed by atoms with Crippen molar-refractivity contribution in [3.63, 3.8) is 0 Å². The molecule has 1 atom stereocenters. The van der Waals surface area contributed by atoms with Crippen LogP contribution in [0.4, 0.5) is 0 Å². The van der Waals surface area contributed by atoms with Gasteiger partial charge in [0.1, 0.15) is 43.2 Å². The molecule has 0 bridgehead atoms. The van der Waals surface area contributed by atoms with Crippen LogP contribution in [-0.2, 0) is 45.5 Å². The summed E-state index contributed by atoms with van der Waals surface area (Å²) < 4.78 is 29.3. The fourth-order valence-corrected chi connectivity index (χ4v) is 5.59. The summed E-state index contributed by atoms with van der Waals surface area (Å²) in [4.78, 5) is 22.4. The molecule has 244 valence electrons. The zero-order valence-electron chi connectivity index (χ0n) is 26.6. The van der Waals surface area contributed by atoms with Crippen molar-refractivity contribution < 1.29 is 38.4 Å². The number of hydrogen-bond acceptors (Lipinski definition) is 7. The Labute approximate surface area is 279 Å². The first kappa shape index (κ1) is 32.3. The number of hydrogen-bond donors (Lipinski definition) is 1. The molecule has 0 saturated heterocycles. The third kappa shape index (κ3) is 8.21. The van der Waals surface area contributed by atoms with Crippen LogP contribution >= 0.6 is 0 Å². The number of ether oxygens (including phenoxy) is 5. The molecule has 0 amide bonds. The van der Waals surface area contributed by atoms with E-state index in [1.54, 1.807) is 7.11 Å². The molecule has 0 radical (unpaired) electrons. The Balaban J connectivity index is 1.08. The van der Waals surface area contributed by atoms with Crippen molar-refractivity contribution in [2.45, 2.75) is 45.4 Å². The Morgan fingerprint density at radius 2 is 1.42 bits per heavy atom. The Morgan fingerprint density at radius 3 is 2.19 bits per heavy atom. The van der Waals surface area contributed by atoms with Crippen LogP contribution in [0.1, 0.15) is 52.3 Å². The molecule has 0 aliphatic carbocycles. The monoisotopic (exact) mass is 644 g/mol. The second kappa shape index (κ2) is 15.3. The SMILES string of the molecule is COc1ccc(C(OCc2ccc3c(c2)OCc2cc(OCc4cccc(COC(=O)CCC(=O)O)c4)ccc2-3)c2ccccc2)cc1. The maximum absolute atomic E-state index is 11.8. The molecule has 0 spiro atoms. The highest BCUT2D eigenvalue weighted by Crippen LogP contribution is 2.40.